The van der Waals surface area contributed by atoms with E-state index in [1.807, 2.05) is 30.3 Å². The van der Waals surface area contributed by atoms with Crippen LogP contribution in [0.2, 0.25) is 5.02 Å². The van der Waals surface area contributed by atoms with E-state index in [4.69, 9.17) is 16.3 Å². The van der Waals surface area contributed by atoms with E-state index < -0.39 is 5.91 Å². The van der Waals surface area contributed by atoms with Crippen molar-refractivity contribution in [1.82, 2.24) is 15.5 Å². The average molecular weight is 479 g/mol. The highest BCUT2D eigenvalue weighted by Crippen LogP contribution is 2.19. The van der Waals surface area contributed by atoms with E-state index in [-0.39, 0.29) is 17.5 Å². The molecule has 1 aromatic heterocycles. The van der Waals surface area contributed by atoms with Crippen molar-refractivity contribution in [2.24, 2.45) is 0 Å². The van der Waals surface area contributed by atoms with Crippen LogP contribution in [-0.4, -0.2) is 22.0 Å². The number of carbonyl (C=O) groups excluding carboxylic acids is 2. The first kappa shape index (κ1) is 22.4. The van der Waals surface area contributed by atoms with E-state index in [0.717, 1.165) is 16.9 Å². The molecule has 4 aromatic rings. The summed E-state index contributed by atoms with van der Waals surface area (Å²) in [7, 11) is 0. The van der Waals surface area contributed by atoms with Gasteiger partial charge in [-0.1, -0.05) is 59.3 Å². The van der Waals surface area contributed by atoms with Gasteiger partial charge in [-0.3, -0.25) is 9.59 Å². The van der Waals surface area contributed by atoms with Crippen LogP contribution < -0.4 is 15.4 Å². The molecule has 0 aliphatic carbocycles. The number of nitrogens with one attached hydrogen (secondary N) is 2. The van der Waals surface area contributed by atoms with Gasteiger partial charge in [0.25, 0.3) is 11.8 Å². The standard InChI is InChI=1S/C24H19ClN4O3S/c25-18-9-11-20(12-10-18)32-15-21-28-29-24(33-21)23(31)27-19-8-4-7-17(13-19)22(30)26-14-16-5-2-1-3-6-16/h1-13H,14-15H2,(H,26,30)(H,27,31). The molecule has 0 fully saturated rings. The second-order valence-corrected chi connectivity index (χ2v) is 8.45. The number of anilines is 1. The van der Waals surface area contributed by atoms with Gasteiger partial charge in [-0.25, -0.2) is 0 Å². The van der Waals surface area contributed by atoms with Gasteiger partial charge >= 0.3 is 0 Å². The molecule has 0 saturated carbocycles. The second kappa shape index (κ2) is 10.7. The van der Waals surface area contributed by atoms with Crippen molar-refractivity contribution in [2.45, 2.75) is 13.2 Å². The Hall–Kier alpha value is -3.75. The van der Waals surface area contributed by atoms with Gasteiger partial charge < -0.3 is 15.4 Å². The molecule has 0 saturated heterocycles. The summed E-state index contributed by atoms with van der Waals surface area (Å²) in [5.74, 6) is 0.00236. The average Bonchev–Trinajstić information content (AvgIpc) is 3.32. The van der Waals surface area contributed by atoms with E-state index in [1.165, 1.54) is 0 Å². The maximum absolute atomic E-state index is 12.6. The summed E-state index contributed by atoms with van der Waals surface area (Å²) in [6.45, 7) is 0.603. The van der Waals surface area contributed by atoms with Crippen LogP contribution in [0.4, 0.5) is 5.69 Å². The fraction of sp³-hybridized carbons (Fsp3) is 0.0833. The number of amides is 2. The zero-order valence-corrected chi connectivity index (χ0v) is 18.9. The molecule has 0 aliphatic rings. The molecule has 166 valence electrons. The predicted molar refractivity (Wildman–Crippen MR) is 128 cm³/mol. The smallest absolute Gasteiger partial charge is 0.286 e. The summed E-state index contributed by atoms with van der Waals surface area (Å²) < 4.78 is 5.63. The topological polar surface area (TPSA) is 93.2 Å². The molecule has 2 N–H and O–H groups in total. The van der Waals surface area contributed by atoms with Crippen LogP contribution in [0.15, 0.2) is 78.9 Å². The lowest BCUT2D eigenvalue weighted by atomic mass is 10.1. The van der Waals surface area contributed by atoms with Crippen molar-refractivity contribution < 1.29 is 14.3 Å². The highest BCUT2D eigenvalue weighted by Gasteiger charge is 2.15. The van der Waals surface area contributed by atoms with E-state index in [1.54, 1.807) is 48.5 Å². The van der Waals surface area contributed by atoms with Crippen molar-refractivity contribution in [2.75, 3.05) is 5.32 Å². The SMILES string of the molecule is O=C(NCc1ccccc1)c1cccc(NC(=O)c2nnc(COc3ccc(Cl)cc3)s2)c1. The number of hydrogen-bond acceptors (Lipinski definition) is 6. The minimum absolute atomic E-state index is 0.184. The molecule has 1 heterocycles. The first-order valence-corrected chi connectivity index (χ1v) is 11.2. The molecule has 3 aromatic carbocycles. The lowest BCUT2D eigenvalue weighted by molar-refractivity contribution is 0.0949. The minimum atomic E-state index is -0.410. The van der Waals surface area contributed by atoms with Gasteiger partial charge in [-0.15, -0.1) is 10.2 Å². The van der Waals surface area contributed by atoms with Crippen LogP contribution in [-0.2, 0) is 13.2 Å². The zero-order chi connectivity index (χ0) is 23.0. The summed E-state index contributed by atoms with van der Waals surface area (Å²) >= 11 is 6.99. The highest BCUT2D eigenvalue weighted by molar-refractivity contribution is 7.13. The zero-order valence-electron chi connectivity index (χ0n) is 17.3. The Morgan fingerprint density at radius 3 is 2.48 bits per heavy atom. The number of carbonyl (C=O) groups is 2. The number of hydrogen-bond donors (Lipinski definition) is 2. The summed E-state index contributed by atoms with van der Waals surface area (Å²) in [4.78, 5) is 25.0. The Kier molecular flexibility index (Phi) is 7.29. The molecule has 0 radical (unpaired) electrons. The number of rotatable bonds is 8. The molecular weight excluding hydrogens is 460 g/mol. The van der Waals surface area contributed by atoms with Crippen LogP contribution in [0.1, 0.15) is 30.7 Å². The highest BCUT2D eigenvalue weighted by atomic mass is 35.5. The fourth-order valence-electron chi connectivity index (χ4n) is 2.88. The first-order valence-electron chi connectivity index (χ1n) is 10.0. The first-order chi connectivity index (χ1) is 16.1. The number of nitrogens with zero attached hydrogens (tertiary/aromatic N) is 2. The molecule has 33 heavy (non-hydrogen) atoms. The second-order valence-electron chi connectivity index (χ2n) is 6.95. The number of benzene rings is 3. The minimum Gasteiger partial charge on any atom is -0.486 e. The lowest BCUT2D eigenvalue weighted by Gasteiger charge is -2.08. The van der Waals surface area contributed by atoms with Gasteiger partial charge in [-0.05, 0) is 48.0 Å². The van der Waals surface area contributed by atoms with Crippen molar-refractivity contribution in [3.05, 3.63) is 105 Å². The van der Waals surface area contributed by atoms with Crippen LogP contribution in [0.5, 0.6) is 5.75 Å². The molecule has 7 nitrogen and oxygen atoms in total. The van der Waals surface area contributed by atoms with Gasteiger partial charge in [0.1, 0.15) is 12.4 Å². The van der Waals surface area contributed by atoms with Crippen LogP contribution in [0.3, 0.4) is 0 Å². The third-order valence-electron chi connectivity index (χ3n) is 4.52. The molecule has 9 heteroatoms. The number of ether oxygens (including phenoxy) is 1. The van der Waals surface area contributed by atoms with Gasteiger partial charge in [-0.2, -0.15) is 0 Å². The van der Waals surface area contributed by atoms with E-state index in [9.17, 15) is 9.59 Å². The van der Waals surface area contributed by atoms with Crippen LogP contribution in [0, 0.1) is 0 Å². The molecule has 0 aliphatic heterocycles. The summed E-state index contributed by atoms with van der Waals surface area (Å²) in [5, 5.41) is 14.9. The summed E-state index contributed by atoms with van der Waals surface area (Å²) in [6.07, 6.45) is 0. The van der Waals surface area contributed by atoms with E-state index in [2.05, 4.69) is 20.8 Å². The Labute approximate surface area is 199 Å². The quantitative estimate of drug-likeness (QED) is 0.373. The molecule has 4 rings (SSSR count). The van der Waals surface area contributed by atoms with Gasteiger partial charge in [0.2, 0.25) is 5.01 Å². The molecule has 0 spiro atoms. The van der Waals surface area contributed by atoms with Gasteiger partial charge in [0, 0.05) is 22.8 Å². The molecule has 0 bridgehead atoms. The van der Waals surface area contributed by atoms with E-state index >= 15 is 0 Å². The summed E-state index contributed by atoms with van der Waals surface area (Å²) in [5.41, 5.74) is 1.93. The fourth-order valence-corrected chi connectivity index (χ4v) is 3.66. The van der Waals surface area contributed by atoms with Crippen molar-refractivity contribution >= 4 is 40.4 Å². The van der Waals surface area contributed by atoms with Crippen molar-refractivity contribution in [3.63, 3.8) is 0 Å². The normalized spacial score (nSPS) is 10.5. The summed E-state index contributed by atoms with van der Waals surface area (Å²) in [6, 6.07) is 23.3. The maximum Gasteiger partial charge on any atom is 0.286 e. The predicted octanol–water partition coefficient (Wildman–Crippen LogP) is 4.95. The van der Waals surface area contributed by atoms with E-state index in [0.29, 0.717) is 33.6 Å². The third kappa shape index (κ3) is 6.38. The Morgan fingerprint density at radius 2 is 1.70 bits per heavy atom. The monoisotopic (exact) mass is 478 g/mol. The van der Waals surface area contributed by atoms with Crippen LogP contribution >= 0.6 is 22.9 Å². The van der Waals surface area contributed by atoms with Crippen molar-refractivity contribution in [3.8, 4) is 5.75 Å². The third-order valence-corrected chi connectivity index (χ3v) is 5.66. The Balaban J connectivity index is 1.33. The van der Waals surface area contributed by atoms with Gasteiger partial charge in [0.15, 0.2) is 5.01 Å². The molecule has 2 amide bonds. The maximum atomic E-state index is 12.6. The van der Waals surface area contributed by atoms with Crippen molar-refractivity contribution in [1.29, 1.82) is 0 Å². The molecule has 0 atom stereocenters. The Morgan fingerprint density at radius 1 is 0.909 bits per heavy atom. The molecule has 0 unspecified atom stereocenters. The lowest BCUT2D eigenvalue weighted by Crippen LogP contribution is -2.23. The number of aromatic nitrogens is 2. The number of halogens is 1. The van der Waals surface area contributed by atoms with Crippen LogP contribution in [0.25, 0.3) is 0 Å². The van der Waals surface area contributed by atoms with Gasteiger partial charge in [0.05, 0.1) is 0 Å². The largest absolute Gasteiger partial charge is 0.486 e. The molecular formula is C24H19ClN4O3S. The Bertz CT molecular complexity index is 1250.